The molecule has 0 aromatic carbocycles. The van der Waals surface area contributed by atoms with Gasteiger partial charge >= 0.3 is 0 Å². The first kappa shape index (κ1) is 11.1. The van der Waals surface area contributed by atoms with Crippen LogP contribution in [0.25, 0.3) is 0 Å². The lowest BCUT2D eigenvalue weighted by Crippen LogP contribution is -2.30. The second-order valence-corrected chi connectivity index (χ2v) is 4.29. The molecule has 1 aliphatic carbocycles. The standard InChI is InChI=1S/C10H16N4O2/c1-14(5-7-2-3-7)6-8-4-9(13-16-8)10(15)12-11/h4,7H,2-3,5-6,11H2,1H3,(H,12,15). The Morgan fingerprint density at radius 1 is 1.75 bits per heavy atom. The minimum absolute atomic E-state index is 0.220. The zero-order chi connectivity index (χ0) is 11.5. The number of amides is 1. The molecule has 88 valence electrons. The minimum atomic E-state index is -0.431. The average Bonchev–Trinajstić information content (AvgIpc) is 2.94. The van der Waals surface area contributed by atoms with Gasteiger partial charge in [0, 0.05) is 12.6 Å². The van der Waals surface area contributed by atoms with E-state index in [0.29, 0.717) is 12.3 Å². The minimum Gasteiger partial charge on any atom is -0.359 e. The third-order valence-corrected chi connectivity index (χ3v) is 2.62. The van der Waals surface area contributed by atoms with Gasteiger partial charge in [-0.2, -0.15) is 0 Å². The summed E-state index contributed by atoms with van der Waals surface area (Å²) in [5.74, 6) is 6.08. The fourth-order valence-corrected chi connectivity index (χ4v) is 1.64. The van der Waals surface area contributed by atoms with Gasteiger partial charge in [0.15, 0.2) is 11.5 Å². The zero-order valence-corrected chi connectivity index (χ0v) is 9.27. The highest BCUT2D eigenvalue weighted by Gasteiger charge is 2.23. The second kappa shape index (κ2) is 4.63. The molecule has 1 aromatic heterocycles. The molecule has 1 saturated carbocycles. The van der Waals surface area contributed by atoms with Gasteiger partial charge in [0.25, 0.3) is 5.91 Å². The molecule has 2 rings (SSSR count). The molecule has 1 fully saturated rings. The van der Waals surface area contributed by atoms with E-state index in [4.69, 9.17) is 10.4 Å². The number of nitrogens with one attached hydrogen (secondary N) is 1. The number of hydrazine groups is 1. The molecule has 0 aliphatic heterocycles. The molecule has 1 aromatic rings. The van der Waals surface area contributed by atoms with Crippen LogP contribution in [0.2, 0.25) is 0 Å². The Bertz CT molecular complexity index is 373. The van der Waals surface area contributed by atoms with Crippen LogP contribution in [-0.4, -0.2) is 29.6 Å². The number of nitrogens with two attached hydrogens (primary N) is 1. The third kappa shape index (κ3) is 2.80. The van der Waals surface area contributed by atoms with Crippen molar-refractivity contribution >= 4 is 5.91 Å². The summed E-state index contributed by atoms with van der Waals surface area (Å²) >= 11 is 0. The van der Waals surface area contributed by atoms with Gasteiger partial charge in [0.1, 0.15) is 0 Å². The molecule has 0 spiro atoms. The molecule has 0 saturated heterocycles. The maximum absolute atomic E-state index is 11.1. The van der Waals surface area contributed by atoms with E-state index in [9.17, 15) is 4.79 Å². The van der Waals surface area contributed by atoms with E-state index >= 15 is 0 Å². The highest BCUT2D eigenvalue weighted by Crippen LogP contribution is 2.29. The number of carbonyl (C=O) groups excluding carboxylic acids is 1. The van der Waals surface area contributed by atoms with Gasteiger partial charge in [0.2, 0.25) is 0 Å². The van der Waals surface area contributed by atoms with Crippen molar-refractivity contribution in [2.45, 2.75) is 19.4 Å². The van der Waals surface area contributed by atoms with Gasteiger partial charge < -0.3 is 4.52 Å². The Labute approximate surface area is 93.7 Å². The third-order valence-electron chi connectivity index (χ3n) is 2.62. The van der Waals surface area contributed by atoms with E-state index in [2.05, 4.69) is 10.1 Å². The van der Waals surface area contributed by atoms with Crippen LogP contribution in [0.15, 0.2) is 10.6 Å². The van der Waals surface area contributed by atoms with Crippen molar-refractivity contribution in [1.82, 2.24) is 15.5 Å². The lowest BCUT2D eigenvalue weighted by Gasteiger charge is -2.13. The normalized spacial score (nSPS) is 15.4. The maximum atomic E-state index is 11.1. The molecule has 0 bridgehead atoms. The molecule has 0 atom stereocenters. The van der Waals surface area contributed by atoms with Crippen molar-refractivity contribution in [3.63, 3.8) is 0 Å². The topological polar surface area (TPSA) is 84.4 Å². The molecule has 16 heavy (non-hydrogen) atoms. The van der Waals surface area contributed by atoms with Crippen molar-refractivity contribution in [2.24, 2.45) is 11.8 Å². The molecule has 6 nitrogen and oxygen atoms in total. The molecule has 1 amide bonds. The number of nitrogens with zero attached hydrogens (tertiary/aromatic N) is 2. The summed E-state index contributed by atoms with van der Waals surface area (Å²) in [6.07, 6.45) is 2.64. The van der Waals surface area contributed by atoms with E-state index in [1.165, 1.54) is 12.8 Å². The number of carbonyl (C=O) groups is 1. The largest absolute Gasteiger partial charge is 0.359 e. The molecule has 6 heteroatoms. The summed E-state index contributed by atoms with van der Waals surface area (Å²) in [5, 5.41) is 3.64. The number of hydrogen-bond acceptors (Lipinski definition) is 5. The van der Waals surface area contributed by atoms with Gasteiger partial charge in [-0.05, 0) is 25.8 Å². The van der Waals surface area contributed by atoms with Crippen LogP contribution in [0.1, 0.15) is 29.1 Å². The molecular formula is C10H16N4O2. The predicted molar refractivity (Wildman–Crippen MR) is 57.2 cm³/mol. The van der Waals surface area contributed by atoms with E-state index in [-0.39, 0.29) is 5.69 Å². The molecule has 1 heterocycles. The first-order valence-electron chi connectivity index (χ1n) is 5.34. The first-order valence-corrected chi connectivity index (χ1v) is 5.34. The van der Waals surface area contributed by atoms with Crippen molar-refractivity contribution in [1.29, 1.82) is 0 Å². The number of hydrogen-bond donors (Lipinski definition) is 2. The molecular weight excluding hydrogens is 208 g/mol. The van der Waals surface area contributed by atoms with E-state index in [1.54, 1.807) is 6.07 Å². The van der Waals surface area contributed by atoms with E-state index in [0.717, 1.165) is 12.5 Å². The predicted octanol–water partition coefficient (Wildman–Crippen LogP) is 0.120. The summed E-state index contributed by atoms with van der Waals surface area (Å²) in [6.45, 7) is 1.74. The van der Waals surface area contributed by atoms with Crippen LogP contribution in [0.3, 0.4) is 0 Å². The highest BCUT2D eigenvalue weighted by atomic mass is 16.5. The van der Waals surface area contributed by atoms with Crippen molar-refractivity contribution in [3.8, 4) is 0 Å². The number of aromatic nitrogens is 1. The van der Waals surface area contributed by atoms with E-state index < -0.39 is 5.91 Å². The van der Waals surface area contributed by atoms with Gasteiger partial charge in [-0.3, -0.25) is 15.1 Å². The SMILES string of the molecule is CN(Cc1cc(C(=O)NN)no1)CC1CC1. The lowest BCUT2D eigenvalue weighted by molar-refractivity contribution is 0.0944. The fraction of sp³-hybridized carbons (Fsp3) is 0.600. The lowest BCUT2D eigenvalue weighted by atomic mass is 10.3. The Kier molecular flexibility index (Phi) is 3.21. The first-order chi connectivity index (χ1) is 7.69. The van der Waals surface area contributed by atoms with E-state index in [1.807, 2.05) is 12.5 Å². The van der Waals surface area contributed by atoms with Crippen molar-refractivity contribution < 1.29 is 9.32 Å². The van der Waals surface area contributed by atoms with Crippen LogP contribution in [-0.2, 0) is 6.54 Å². The Morgan fingerprint density at radius 2 is 2.50 bits per heavy atom. The summed E-state index contributed by atoms with van der Waals surface area (Å²) in [6, 6.07) is 1.62. The van der Waals surface area contributed by atoms with Crippen LogP contribution in [0, 0.1) is 5.92 Å². The van der Waals surface area contributed by atoms with Crippen LogP contribution in [0.4, 0.5) is 0 Å². The monoisotopic (exact) mass is 224 g/mol. The Balaban J connectivity index is 1.88. The summed E-state index contributed by atoms with van der Waals surface area (Å²) in [7, 11) is 2.03. The Morgan fingerprint density at radius 3 is 3.12 bits per heavy atom. The van der Waals surface area contributed by atoms with Gasteiger partial charge in [0.05, 0.1) is 6.54 Å². The summed E-state index contributed by atoms with van der Waals surface area (Å²) in [4.78, 5) is 13.3. The van der Waals surface area contributed by atoms with Crippen LogP contribution < -0.4 is 11.3 Å². The van der Waals surface area contributed by atoms with Gasteiger partial charge in [-0.15, -0.1) is 0 Å². The molecule has 3 N–H and O–H groups in total. The summed E-state index contributed by atoms with van der Waals surface area (Å²) < 4.78 is 5.05. The van der Waals surface area contributed by atoms with Gasteiger partial charge in [-0.1, -0.05) is 5.16 Å². The Hall–Kier alpha value is -1.40. The van der Waals surface area contributed by atoms with Crippen molar-refractivity contribution in [3.05, 3.63) is 17.5 Å². The van der Waals surface area contributed by atoms with Gasteiger partial charge in [-0.25, -0.2) is 5.84 Å². The number of nitrogen functional groups attached to an aromatic ring is 1. The average molecular weight is 224 g/mol. The van der Waals surface area contributed by atoms with Crippen molar-refractivity contribution in [2.75, 3.05) is 13.6 Å². The second-order valence-electron chi connectivity index (χ2n) is 4.29. The maximum Gasteiger partial charge on any atom is 0.287 e. The summed E-state index contributed by atoms with van der Waals surface area (Å²) in [5.41, 5.74) is 2.23. The molecule has 0 radical (unpaired) electrons. The fourth-order valence-electron chi connectivity index (χ4n) is 1.64. The number of rotatable bonds is 5. The quantitative estimate of drug-likeness (QED) is 0.421. The molecule has 1 aliphatic rings. The van der Waals surface area contributed by atoms with Crippen LogP contribution in [0.5, 0.6) is 0 Å². The highest BCUT2D eigenvalue weighted by molar-refractivity contribution is 5.91. The molecule has 0 unspecified atom stereocenters. The van der Waals surface area contributed by atoms with Crippen LogP contribution >= 0.6 is 0 Å². The smallest absolute Gasteiger partial charge is 0.287 e. The zero-order valence-electron chi connectivity index (χ0n) is 9.27.